The van der Waals surface area contributed by atoms with Crippen LogP contribution in [0.3, 0.4) is 0 Å². The first kappa shape index (κ1) is 14.1. The number of pyridine rings is 1. The van der Waals surface area contributed by atoms with Crippen LogP contribution < -0.4 is 0 Å². The summed E-state index contributed by atoms with van der Waals surface area (Å²) in [7, 11) is 0. The first-order valence-electron chi connectivity index (χ1n) is 7.71. The van der Waals surface area contributed by atoms with Crippen LogP contribution in [0.4, 0.5) is 0 Å². The Morgan fingerprint density at radius 3 is 2.81 bits per heavy atom. The normalized spacial score (nSPS) is 21.3. The highest BCUT2D eigenvalue weighted by Crippen LogP contribution is 2.38. The fourth-order valence-electron chi connectivity index (χ4n) is 3.35. The smallest absolute Gasteiger partial charge is 0.336 e. The summed E-state index contributed by atoms with van der Waals surface area (Å²) < 4.78 is 0. The fraction of sp³-hybridized carbons (Fsp3) is 0.444. The topological polar surface area (TPSA) is 50.2 Å². The fourth-order valence-corrected chi connectivity index (χ4v) is 3.35. The van der Waals surface area contributed by atoms with Gasteiger partial charge in [-0.15, -0.1) is 0 Å². The maximum absolute atomic E-state index is 11.8. The first-order valence-corrected chi connectivity index (χ1v) is 7.71. The summed E-state index contributed by atoms with van der Waals surface area (Å²) in [6, 6.07) is 6.01. The average molecular weight is 283 g/mol. The van der Waals surface area contributed by atoms with E-state index in [4.69, 9.17) is 4.98 Å². The quantitative estimate of drug-likeness (QED) is 0.899. The molecule has 0 radical (unpaired) electrons. The van der Waals surface area contributed by atoms with Crippen molar-refractivity contribution in [1.82, 2.24) is 4.98 Å². The first-order chi connectivity index (χ1) is 10.0. The second kappa shape index (κ2) is 5.14. The zero-order valence-electron chi connectivity index (χ0n) is 12.8. The van der Waals surface area contributed by atoms with Crippen molar-refractivity contribution in [3.05, 3.63) is 40.6 Å². The summed E-state index contributed by atoms with van der Waals surface area (Å²) in [4.78, 5) is 16.6. The van der Waals surface area contributed by atoms with Gasteiger partial charge in [0.15, 0.2) is 0 Å². The molecule has 2 unspecified atom stereocenters. The number of nitrogens with zero attached hydrogens (tertiary/aromatic N) is 1. The van der Waals surface area contributed by atoms with E-state index in [1.165, 1.54) is 0 Å². The Labute approximate surface area is 125 Å². The SMILES string of the molecule is CCc1ccc2nc3c(c(C(=O)O)c2c1)CCC(C)C3C. The number of hydrogen-bond donors (Lipinski definition) is 1. The van der Waals surface area contributed by atoms with Gasteiger partial charge in [0, 0.05) is 17.0 Å². The average Bonchev–Trinajstić information content (AvgIpc) is 2.48. The minimum absolute atomic E-state index is 0.321. The number of aryl methyl sites for hydroxylation is 1. The lowest BCUT2D eigenvalue weighted by Gasteiger charge is -2.29. The molecule has 1 heterocycles. The van der Waals surface area contributed by atoms with Crippen molar-refractivity contribution in [3.63, 3.8) is 0 Å². The molecule has 2 atom stereocenters. The van der Waals surface area contributed by atoms with Gasteiger partial charge in [-0.1, -0.05) is 26.8 Å². The van der Waals surface area contributed by atoms with Crippen molar-refractivity contribution in [3.8, 4) is 0 Å². The Kier molecular flexibility index (Phi) is 3.44. The van der Waals surface area contributed by atoms with Crippen molar-refractivity contribution >= 4 is 16.9 Å². The van der Waals surface area contributed by atoms with E-state index in [9.17, 15) is 9.90 Å². The maximum Gasteiger partial charge on any atom is 0.336 e. The molecular formula is C18H21NO2. The number of benzene rings is 1. The number of carboxylic acids is 1. The third-order valence-electron chi connectivity index (χ3n) is 4.94. The number of carboxylic acid groups (broad SMARTS) is 1. The molecule has 0 bridgehead atoms. The second-order valence-corrected chi connectivity index (χ2v) is 6.17. The summed E-state index contributed by atoms with van der Waals surface area (Å²) in [5.41, 5.74) is 4.38. The number of fused-ring (bicyclic) bond motifs is 2. The lowest BCUT2D eigenvalue weighted by Crippen LogP contribution is -2.21. The van der Waals surface area contributed by atoms with E-state index in [2.05, 4.69) is 20.8 Å². The highest BCUT2D eigenvalue weighted by Gasteiger charge is 2.29. The molecule has 3 nitrogen and oxygen atoms in total. The summed E-state index contributed by atoms with van der Waals surface area (Å²) in [5.74, 6) is 0.0507. The number of aromatic nitrogens is 1. The van der Waals surface area contributed by atoms with Gasteiger partial charge in [0.25, 0.3) is 0 Å². The molecule has 0 saturated heterocycles. The second-order valence-electron chi connectivity index (χ2n) is 6.17. The molecule has 1 aromatic carbocycles. The molecule has 0 aliphatic heterocycles. The van der Waals surface area contributed by atoms with Gasteiger partial charge in [0.1, 0.15) is 0 Å². The Balaban J connectivity index is 2.36. The van der Waals surface area contributed by atoms with Crippen molar-refractivity contribution in [1.29, 1.82) is 0 Å². The highest BCUT2D eigenvalue weighted by molar-refractivity contribution is 6.04. The van der Waals surface area contributed by atoms with Crippen LogP contribution in [0.2, 0.25) is 0 Å². The van der Waals surface area contributed by atoms with E-state index in [0.717, 1.165) is 47.0 Å². The molecule has 1 aliphatic rings. The van der Waals surface area contributed by atoms with E-state index in [-0.39, 0.29) is 0 Å². The predicted molar refractivity (Wildman–Crippen MR) is 84.0 cm³/mol. The molecule has 0 fully saturated rings. The Morgan fingerprint density at radius 1 is 1.38 bits per heavy atom. The van der Waals surface area contributed by atoms with Crippen LogP contribution in [-0.2, 0) is 12.8 Å². The van der Waals surface area contributed by atoms with Crippen LogP contribution in [0.15, 0.2) is 18.2 Å². The zero-order chi connectivity index (χ0) is 15.1. The molecule has 21 heavy (non-hydrogen) atoms. The van der Waals surface area contributed by atoms with Gasteiger partial charge in [-0.2, -0.15) is 0 Å². The van der Waals surface area contributed by atoms with Gasteiger partial charge in [-0.25, -0.2) is 4.79 Å². The molecule has 0 saturated carbocycles. The standard InChI is InChI=1S/C18H21NO2/c1-4-12-6-8-15-14(9-12)16(18(20)21)13-7-5-10(2)11(3)17(13)19-15/h6,8-11H,4-5,7H2,1-3H3,(H,20,21). The van der Waals surface area contributed by atoms with E-state index in [1.807, 2.05) is 18.2 Å². The van der Waals surface area contributed by atoms with Crippen LogP contribution >= 0.6 is 0 Å². The predicted octanol–water partition coefficient (Wildman–Crippen LogP) is 4.18. The molecule has 0 spiro atoms. The van der Waals surface area contributed by atoms with Gasteiger partial charge in [-0.05, 0) is 48.4 Å². The Bertz CT molecular complexity index is 721. The van der Waals surface area contributed by atoms with E-state index in [1.54, 1.807) is 0 Å². The number of rotatable bonds is 2. The van der Waals surface area contributed by atoms with Gasteiger partial charge in [0.05, 0.1) is 11.1 Å². The van der Waals surface area contributed by atoms with Gasteiger partial charge in [-0.3, -0.25) is 4.98 Å². The van der Waals surface area contributed by atoms with Crippen molar-refractivity contribution in [2.75, 3.05) is 0 Å². The van der Waals surface area contributed by atoms with E-state index in [0.29, 0.717) is 17.4 Å². The zero-order valence-corrected chi connectivity index (χ0v) is 12.8. The number of hydrogen-bond acceptors (Lipinski definition) is 2. The lowest BCUT2D eigenvalue weighted by atomic mass is 9.77. The van der Waals surface area contributed by atoms with E-state index >= 15 is 0 Å². The third-order valence-corrected chi connectivity index (χ3v) is 4.94. The van der Waals surface area contributed by atoms with Crippen molar-refractivity contribution < 1.29 is 9.90 Å². The van der Waals surface area contributed by atoms with Crippen molar-refractivity contribution in [2.45, 2.75) is 46.0 Å². The Morgan fingerprint density at radius 2 is 2.14 bits per heavy atom. The molecule has 3 rings (SSSR count). The van der Waals surface area contributed by atoms with Crippen LogP contribution in [-0.4, -0.2) is 16.1 Å². The van der Waals surface area contributed by atoms with Gasteiger partial charge in [0.2, 0.25) is 0 Å². The minimum atomic E-state index is -0.825. The van der Waals surface area contributed by atoms with Gasteiger partial charge < -0.3 is 5.11 Å². The monoisotopic (exact) mass is 283 g/mol. The molecule has 2 aromatic rings. The summed E-state index contributed by atoms with van der Waals surface area (Å²) in [6.07, 6.45) is 2.76. The number of carbonyl (C=O) groups is 1. The van der Waals surface area contributed by atoms with Crippen molar-refractivity contribution in [2.24, 2.45) is 5.92 Å². The van der Waals surface area contributed by atoms with E-state index < -0.39 is 5.97 Å². The molecule has 1 N–H and O–H groups in total. The summed E-state index contributed by atoms with van der Waals surface area (Å²) in [5, 5.41) is 10.5. The molecule has 0 amide bonds. The Hall–Kier alpha value is -1.90. The minimum Gasteiger partial charge on any atom is -0.478 e. The molecular weight excluding hydrogens is 262 g/mol. The maximum atomic E-state index is 11.8. The highest BCUT2D eigenvalue weighted by atomic mass is 16.4. The third kappa shape index (κ3) is 2.21. The molecule has 1 aliphatic carbocycles. The van der Waals surface area contributed by atoms with Crippen LogP contribution in [0.5, 0.6) is 0 Å². The lowest BCUT2D eigenvalue weighted by molar-refractivity contribution is 0.0697. The molecule has 110 valence electrons. The number of aromatic carboxylic acids is 1. The summed E-state index contributed by atoms with van der Waals surface area (Å²) >= 11 is 0. The van der Waals surface area contributed by atoms with Crippen LogP contribution in [0.25, 0.3) is 10.9 Å². The van der Waals surface area contributed by atoms with Gasteiger partial charge >= 0.3 is 5.97 Å². The summed E-state index contributed by atoms with van der Waals surface area (Å²) in [6.45, 7) is 6.46. The molecule has 3 heteroatoms. The van der Waals surface area contributed by atoms with Crippen LogP contribution in [0.1, 0.15) is 60.3 Å². The van der Waals surface area contributed by atoms with Crippen LogP contribution in [0, 0.1) is 5.92 Å². The largest absolute Gasteiger partial charge is 0.478 e. The molecule has 1 aromatic heterocycles.